The zero-order valence-electron chi connectivity index (χ0n) is 19.7. The van der Waals surface area contributed by atoms with E-state index < -0.39 is 12.1 Å². The number of aromatic carboxylic acids is 1. The highest BCUT2D eigenvalue weighted by atomic mass is 32.1. The number of benzene rings is 2. The Morgan fingerprint density at radius 1 is 1.06 bits per heavy atom. The second-order valence-electron chi connectivity index (χ2n) is 10.3. The molecule has 0 spiro atoms. The zero-order chi connectivity index (χ0) is 24.0. The number of rotatable bonds is 4. The maximum absolute atomic E-state index is 12.9. The molecule has 1 amide bonds. The largest absolute Gasteiger partial charge is 0.477 e. The van der Waals surface area contributed by atoms with Gasteiger partial charge < -0.3 is 9.84 Å². The number of carbonyl (C=O) groups is 2. The van der Waals surface area contributed by atoms with Crippen LogP contribution in [0.5, 0.6) is 0 Å². The normalized spacial score (nSPS) is 17.0. The number of carbonyl (C=O) groups excluding carboxylic acids is 1. The van der Waals surface area contributed by atoms with Crippen molar-refractivity contribution in [3.63, 3.8) is 0 Å². The predicted octanol–water partition coefficient (Wildman–Crippen LogP) is 6.96. The first-order chi connectivity index (χ1) is 16.2. The van der Waals surface area contributed by atoms with Gasteiger partial charge in [-0.1, -0.05) is 69.3 Å². The van der Waals surface area contributed by atoms with Gasteiger partial charge in [0.25, 0.3) is 0 Å². The van der Waals surface area contributed by atoms with Crippen LogP contribution in [0.4, 0.5) is 10.5 Å². The number of hydrogen-bond donors (Lipinski definition) is 2. The SMILES string of the molecule is CC(C)(C)C1CCc2c(sc(C(=O)O)c2NC(=O)OCC2c3ccccc3-c3ccccc32)C1. The molecule has 0 fully saturated rings. The van der Waals surface area contributed by atoms with Gasteiger partial charge >= 0.3 is 12.1 Å². The highest BCUT2D eigenvalue weighted by Crippen LogP contribution is 2.46. The molecule has 1 aromatic heterocycles. The lowest BCUT2D eigenvalue weighted by Gasteiger charge is -2.34. The van der Waals surface area contributed by atoms with Crippen LogP contribution in [0.1, 0.15) is 64.3 Å². The second kappa shape index (κ2) is 8.58. The molecule has 0 bridgehead atoms. The third-order valence-electron chi connectivity index (χ3n) is 7.26. The van der Waals surface area contributed by atoms with Gasteiger partial charge in [-0.2, -0.15) is 0 Å². The molecule has 0 saturated carbocycles. The Kier molecular flexibility index (Phi) is 5.72. The van der Waals surface area contributed by atoms with Crippen LogP contribution < -0.4 is 5.32 Å². The van der Waals surface area contributed by atoms with E-state index in [1.807, 2.05) is 24.3 Å². The van der Waals surface area contributed by atoms with Crippen LogP contribution in [0, 0.1) is 11.3 Å². The first-order valence-corrected chi connectivity index (χ1v) is 12.6. The monoisotopic (exact) mass is 475 g/mol. The third-order valence-corrected chi connectivity index (χ3v) is 8.50. The van der Waals surface area contributed by atoms with Crippen molar-refractivity contribution in [3.05, 3.63) is 75.0 Å². The molecule has 2 aliphatic carbocycles. The van der Waals surface area contributed by atoms with Crippen molar-refractivity contribution < 1.29 is 19.4 Å². The van der Waals surface area contributed by atoms with E-state index in [0.29, 0.717) is 11.6 Å². The minimum atomic E-state index is -1.01. The number of hydrogen-bond acceptors (Lipinski definition) is 4. The summed E-state index contributed by atoms with van der Waals surface area (Å²) in [5.74, 6) is -0.565. The zero-order valence-corrected chi connectivity index (χ0v) is 20.5. The predicted molar refractivity (Wildman–Crippen MR) is 135 cm³/mol. The second-order valence-corrected chi connectivity index (χ2v) is 11.4. The van der Waals surface area contributed by atoms with Gasteiger partial charge in [0.1, 0.15) is 11.5 Å². The lowest BCUT2D eigenvalue weighted by Crippen LogP contribution is -2.26. The number of carboxylic acid groups (broad SMARTS) is 1. The Bertz CT molecular complexity index is 1220. The molecule has 0 aliphatic heterocycles. The fourth-order valence-corrected chi connectivity index (χ4v) is 6.57. The van der Waals surface area contributed by atoms with Crippen LogP contribution in [0.3, 0.4) is 0 Å². The van der Waals surface area contributed by atoms with Gasteiger partial charge in [-0.05, 0) is 58.4 Å². The summed E-state index contributed by atoms with van der Waals surface area (Å²) in [7, 11) is 0. The van der Waals surface area contributed by atoms with Crippen molar-refractivity contribution in [2.75, 3.05) is 11.9 Å². The van der Waals surface area contributed by atoms with Crippen molar-refractivity contribution in [2.24, 2.45) is 11.3 Å². The van der Waals surface area contributed by atoms with E-state index in [1.165, 1.54) is 22.5 Å². The summed E-state index contributed by atoms with van der Waals surface area (Å²) in [6, 6.07) is 16.4. The standard InChI is InChI=1S/C28H29NO4S/c1-28(2,3)16-12-13-21-23(14-16)34-25(26(30)31)24(21)29-27(32)33-15-22-19-10-6-4-8-17(19)18-9-5-7-11-20(18)22/h4-11,16,22H,12-15H2,1-3H3,(H,29,32)(H,30,31). The number of ether oxygens (including phenoxy) is 1. The first kappa shape index (κ1) is 22.7. The van der Waals surface area contributed by atoms with Crippen LogP contribution in [-0.4, -0.2) is 23.8 Å². The lowest BCUT2D eigenvalue weighted by atomic mass is 9.72. The number of amides is 1. The summed E-state index contributed by atoms with van der Waals surface area (Å²) in [6.45, 7) is 6.87. The van der Waals surface area contributed by atoms with Crippen molar-refractivity contribution >= 4 is 29.1 Å². The minimum absolute atomic E-state index is 0.0407. The fraction of sp³-hybridized carbons (Fsp3) is 0.357. The molecule has 0 radical (unpaired) electrons. The van der Waals surface area contributed by atoms with Gasteiger partial charge in [0.15, 0.2) is 0 Å². The Morgan fingerprint density at radius 2 is 1.68 bits per heavy atom. The van der Waals surface area contributed by atoms with Crippen molar-refractivity contribution in [1.29, 1.82) is 0 Å². The van der Waals surface area contributed by atoms with E-state index in [-0.39, 0.29) is 22.8 Å². The summed E-state index contributed by atoms with van der Waals surface area (Å²) in [5.41, 5.74) is 6.15. The van der Waals surface area contributed by atoms with E-state index in [4.69, 9.17) is 4.74 Å². The molecule has 34 heavy (non-hydrogen) atoms. The Hall–Kier alpha value is -3.12. The molecular formula is C28H29NO4S. The molecule has 5 nitrogen and oxygen atoms in total. The van der Waals surface area contributed by atoms with Gasteiger partial charge in [0.05, 0.1) is 5.69 Å². The lowest BCUT2D eigenvalue weighted by molar-refractivity contribution is 0.0703. The topological polar surface area (TPSA) is 75.6 Å². The van der Waals surface area contributed by atoms with Gasteiger partial charge in [-0.15, -0.1) is 11.3 Å². The molecule has 2 aromatic carbocycles. The van der Waals surface area contributed by atoms with E-state index in [2.05, 4.69) is 50.4 Å². The molecule has 1 unspecified atom stereocenters. The van der Waals surface area contributed by atoms with E-state index in [9.17, 15) is 14.7 Å². The van der Waals surface area contributed by atoms with Crippen molar-refractivity contribution in [1.82, 2.24) is 0 Å². The number of carboxylic acids is 1. The summed E-state index contributed by atoms with van der Waals surface area (Å²) < 4.78 is 5.68. The minimum Gasteiger partial charge on any atom is -0.477 e. The number of thiophene rings is 1. The van der Waals surface area contributed by atoms with Crippen LogP contribution in [-0.2, 0) is 17.6 Å². The molecule has 2 N–H and O–H groups in total. The van der Waals surface area contributed by atoms with E-state index >= 15 is 0 Å². The summed E-state index contributed by atoms with van der Waals surface area (Å²) in [5, 5.41) is 12.6. The van der Waals surface area contributed by atoms with Gasteiger partial charge in [-0.25, -0.2) is 9.59 Å². The average Bonchev–Trinajstić information content (AvgIpc) is 3.33. The van der Waals surface area contributed by atoms with Crippen molar-refractivity contribution in [3.8, 4) is 11.1 Å². The molecule has 0 saturated heterocycles. The molecule has 2 aliphatic rings. The maximum atomic E-state index is 12.9. The number of anilines is 1. The quantitative estimate of drug-likeness (QED) is 0.428. The summed E-state index contributed by atoms with van der Waals surface area (Å²) in [4.78, 5) is 26.1. The summed E-state index contributed by atoms with van der Waals surface area (Å²) in [6.07, 6.45) is 1.98. The van der Waals surface area contributed by atoms with Crippen molar-refractivity contribution in [2.45, 2.75) is 46.0 Å². The smallest absolute Gasteiger partial charge is 0.411 e. The molecule has 1 heterocycles. The molecule has 5 rings (SSSR count). The van der Waals surface area contributed by atoms with Gasteiger partial charge in [-0.3, -0.25) is 5.32 Å². The van der Waals surface area contributed by atoms with Gasteiger partial charge in [0.2, 0.25) is 0 Å². The maximum Gasteiger partial charge on any atom is 0.411 e. The average molecular weight is 476 g/mol. The third kappa shape index (κ3) is 4.00. The summed E-state index contributed by atoms with van der Waals surface area (Å²) >= 11 is 1.29. The number of fused-ring (bicyclic) bond motifs is 4. The molecule has 6 heteroatoms. The molecular weight excluding hydrogens is 446 g/mol. The Labute approximate surface area is 203 Å². The first-order valence-electron chi connectivity index (χ1n) is 11.7. The van der Waals surface area contributed by atoms with E-state index in [1.54, 1.807) is 0 Å². The molecule has 3 aromatic rings. The Balaban J connectivity index is 1.34. The number of nitrogens with one attached hydrogen (secondary N) is 1. The molecule has 1 atom stereocenters. The van der Waals surface area contributed by atoms with Gasteiger partial charge in [0, 0.05) is 10.8 Å². The highest BCUT2D eigenvalue weighted by Gasteiger charge is 2.34. The van der Waals surface area contributed by atoms with Crippen LogP contribution >= 0.6 is 11.3 Å². The highest BCUT2D eigenvalue weighted by molar-refractivity contribution is 7.14. The molecule has 176 valence electrons. The van der Waals surface area contributed by atoms with Crippen LogP contribution in [0.25, 0.3) is 11.1 Å². The van der Waals surface area contributed by atoms with Crippen LogP contribution in [0.2, 0.25) is 0 Å². The fourth-order valence-electron chi connectivity index (χ4n) is 5.34. The Morgan fingerprint density at radius 3 is 2.26 bits per heavy atom. The van der Waals surface area contributed by atoms with E-state index in [0.717, 1.165) is 40.8 Å². The van der Waals surface area contributed by atoms with Crippen LogP contribution in [0.15, 0.2) is 48.5 Å².